The Labute approximate surface area is 265 Å². The summed E-state index contributed by atoms with van der Waals surface area (Å²) in [7, 11) is 1.99. The first kappa shape index (κ1) is 33.0. The lowest BCUT2D eigenvalue weighted by Crippen LogP contribution is -2.08. The highest BCUT2D eigenvalue weighted by Gasteiger charge is 2.12. The van der Waals surface area contributed by atoms with Crippen molar-refractivity contribution in [1.82, 2.24) is 4.57 Å². The minimum Gasteiger partial charge on any atom is -0.494 e. The second-order valence-electron chi connectivity index (χ2n) is 11.1. The number of aryl methyl sites for hydroxylation is 2. The fourth-order valence-electron chi connectivity index (χ4n) is 5.02. The molecule has 0 saturated heterocycles. The van der Waals surface area contributed by atoms with Crippen LogP contribution in [0.5, 0.6) is 11.5 Å². The number of fused-ring (bicyclic) bond motifs is 1. The predicted molar refractivity (Wildman–Crippen MR) is 178 cm³/mol. The van der Waals surface area contributed by atoms with Crippen LogP contribution < -0.4 is 9.47 Å². The number of esters is 2. The molecule has 0 spiro atoms. The number of hydrogen-bond acceptors (Lipinski definition) is 6. The van der Waals surface area contributed by atoms with Crippen LogP contribution in [0.2, 0.25) is 0 Å². The molecule has 0 aliphatic carbocycles. The van der Waals surface area contributed by atoms with Crippen LogP contribution in [-0.2, 0) is 16.6 Å². The molecule has 0 unspecified atom stereocenters. The number of carbonyl (C=O) groups is 3. The van der Waals surface area contributed by atoms with Gasteiger partial charge in [0.05, 0.1) is 18.8 Å². The number of ketones is 1. The molecular formula is C38H41NO6. The number of carbonyl (C=O) groups excluding carboxylic acids is 3. The fraction of sp³-hybridized carbons (Fsp3) is 0.289. The summed E-state index contributed by atoms with van der Waals surface area (Å²) >= 11 is 0. The number of allylic oxidation sites excluding steroid dienone is 1. The number of ether oxygens (including phenoxy) is 3. The van der Waals surface area contributed by atoms with Gasteiger partial charge in [0.25, 0.3) is 0 Å². The second-order valence-corrected chi connectivity index (χ2v) is 11.1. The van der Waals surface area contributed by atoms with Gasteiger partial charge in [0.15, 0.2) is 5.78 Å². The molecule has 0 amide bonds. The van der Waals surface area contributed by atoms with Gasteiger partial charge in [0, 0.05) is 34.8 Å². The summed E-state index contributed by atoms with van der Waals surface area (Å²) in [6, 6.07) is 21.6. The Bertz CT molecular complexity index is 1620. The van der Waals surface area contributed by atoms with Gasteiger partial charge in [-0.2, -0.15) is 0 Å². The quantitative estimate of drug-likeness (QED) is 0.0418. The van der Waals surface area contributed by atoms with Crippen LogP contribution in [-0.4, -0.2) is 35.5 Å². The molecule has 234 valence electrons. The average molecular weight is 608 g/mol. The number of hydrogen-bond donors (Lipinski definition) is 0. The Balaban J connectivity index is 1.16. The molecule has 0 atom stereocenters. The van der Waals surface area contributed by atoms with Gasteiger partial charge >= 0.3 is 11.9 Å². The van der Waals surface area contributed by atoms with Gasteiger partial charge in [0.2, 0.25) is 0 Å². The zero-order chi connectivity index (χ0) is 32.2. The molecule has 0 aliphatic rings. The Morgan fingerprint density at radius 2 is 1.38 bits per heavy atom. The SMILES string of the molecule is C=C(C)C(=O)OCCCCCCCCOc1ccc(C(=O)Oc2ccc(C(=O)/C=C/c3c(C)c4ccccc4n3C)cc2)cc1. The maximum absolute atomic E-state index is 12.8. The summed E-state index contributed by atoms with van der Waals surface area (Å²) in [5.41, 5.74) is 4.57. The summed E-state index contributed by atoms with van der Waals surface area (Å²) in [5.74, 6) is 0.111. The molecule has 0 radical (unpaired) electrons. The van der Waals surface area contributed by atoms with Gasteiger partial charge < -0.3 is 18.8 Å². The first-order valence-corrected chi connectivity index (χ1v) is 15.4. The van der Waals surface area contributed by atoms with E-state index in [-0.39, 0.29) is 11.8 Å². The molecule has 4 rings (SSSR count). The smallest absolute Gasteiger partial charge is 0.343 e. The van der Waals surface area contributed by atoms with E-state index < -0.39 is 5.97 Å². The van der Waals surface area contributed by atoms with Crippen molar-refractivity contribution in [1.29, 1.82) is 0 Å². The summed E-state index contributed by atoms with van der Waals surface area (Å²) in [6.45, 7) is 8.31. The number of benzene rings is 3. The summed E-state index contributed by atoms with van der Waals surface area (Å²) in [5, 5.41) is 1.16. The minimum atomic E-state index is -0.485. The Morgan fingerprint density at radius 1 is 0.778 bits per heavy atom. The number of para-hydroxylation sites is 1. The lowest BCUT2D eigenvalue weighted by molar-refractivity contribution is -0.139. The molecule has 1 aromatic heterocycles. The van der Waals surface area contributed by atoms with Crippen LogP contribution in [0.4, 0.5) is 0 Å². The lowest BCUT2D eigenvalue weighted by Gasteiger charge is -2.08. The van der Waals surface area contributed by atoms with E-state index in [1.807, 2.05) is 25.3 Å². The Kier molecular flexibility index (Phi) is 11.9. The van der Waals surface area contributed by atoms with Crippen molar-refractivity contribution >= 4 is 34.7 Å². The van der Waals surface area contributed by atoms with Crippen molar-refractivity contribution in [3.63, 3.8) is 0 Å². The van der Waals surface area contributed by atoms with Crippen molar-refractivity contribution < 1.29 is 28.6 Å². The third-order valence-corrected chi connectivity index (χ3v) is 7.64. The third-order valence-electron chi connectivity index (χ3n) is 7.64. The molecule has 0 saturated carbocycles. The number of aromatic nitrogens is 1. The first-order chi connectivity index (χ1) is 21.7. The van der Waals surface area contributed by atoms with Crippen molar-refractivity contribution in [3.8, 4) is 11.5 Å². The molecule has 1 heterocycles. The molecule has 4 aromatic rings. The van der Waals surface area contributed by atoms with E-state index in [0.717, 1.165) is 60.7 Å². The molecule has 45 heavy (non-hydrogen) atoms. The molecule has 3 aromatic carbocycles. The lowest BCUT2D eigenvalue weighted by atomic mass is 10.1. The summed E-state index contributed by atoms with van der Waals surface area (Å²) in [4.78, 5) is 36.8. The van der Waals surface area contributed by atoms with E-state index in [2.05, 4.69) is 30.2 Å². The van der Waals surface area contributed by atoms with Gasteiger partial charge in [-0.1, -0.05) is 50.5 Å². The van der Waals surface area contributed by atoms with E-state index >= 15 is 0 Å². The highest BCUT2D eigenvalue weighted by atomic mass is 16.5. The maximum Gasteiger partial charge on any atom is 0.343 e. The fourth-order valence-corrected chi connectivity index (χ4v) is 5.02. The van der Waals surface area contributed by atoms with Gasteiger partial charge in [-0.25, -0.2) is 9.59 Å². The van der Waals surface area contributed by atoms with E-state index in [4.69, 9.17) is 14.2 Å². The van der Waals surface area contributed by atoms with E-state index in [0.29, 0.717) is 41.4 Å². The highest BCUT2D eigenvalue weighted by molar-refractivity contribution is 6.07. The van der Waals surface area contributed by atoms with E-state index in [1.165, 1.54) is 0 Å². The van der Waals surface area contributed by atoms with Gasteiger partial charge in [-0.3, -0.25) is 4.79 Å². The maximum atomic E-state index is 12.8. The average Bonchev–Trinajstić information content (AvgIpc) is 3.29. The van der Waals surface area contributed by atoms with Crippen LogP contribution in [0.25, 0.3) is 17.0 Å². The predicted octanol–water partition coefficient (Wildman–Crippen LogP) is 8.44. The zero-order valence-electron chi connectivity index (χ0n) is 26.3. The molecular weight excluding hydrogens is 566 g/mol. The molecule has 0 fully saturated rings. The first-order valence-electron chi connectivity index (χ1n) is 15.4. The molecule has 0 N–H and O–H groups in total. The topological polar surface area (TPSA) is 83.8 Å². The van der Waals surface area contributed by atoms with Crippen molar-refractivity contribution in [3.05, 3.63) is 113 Å². The van der Waals surface area contributed by atoms with Gasteiger partial charge in [-0.05, 0) is 99.0 Å². The largest absolute Gasteiger partial charge is 0.494 e. The Morgan fingerprint density at radius 3 is 2.04 bits per heavy atom. The van der Waals surface area contributed by atoms with E-state index in [1.54, 1.807) is 61.5 Å². The van der Waals surface area contributed by atoms with Crippen LogP contribution >= 0.6 is 0 Å². The minimum absolute atomic E-state index is 0.132. The van der Waals surface area contributed by atoms with Crippen LogP contribution in [0.1, 0.15) is 77.4 Å². The molecule has 0 aliphatic heterocycles. The van der Waals surface area contributed by atoms with Gasteiger partial charge in [-0.15, -0.1) is 0 Å². The van der Waals surface area contributed by atoms with Crippen LogP contribution in [0.15, 0.2) is 91.0 Å². The van der Waals surface area contributed by atoms with Crippen LogP contribution in [0.3, 0.4) is 0 Å². The van der Waals surface area contributed by atoms with Gasteiger partial charge in [0.1, 0.15) is 11.5 Å². The standard InChI is InChI=1S/C38H41NO6/c1-27(2)37(41)44-26-12-8-6-5-7-11-25-43-31-19-17-30(18-20-31)38(42)45-32-21-15-29(16-22-32)36(40)24-23-34-28(3)33-13-9-10-14-35(33)39(34)4/h9-10,13-24H,1,5-8,11-12,25-26H2,2-4H3/b24-23+. The monoisotopic (exact) mass is 607 g/mol. The summed E-state index contributed by atoms with van der Waals surface area (Å²) in [6.07, 6.45) is 9.47. The molecule has 7 heteroatoms. The van der Waals surface area contributed by atoms with Crippen LogP contribution in [0, 0.1) is 6.92 Å². The Hall–Kier alpha value is -4.91. The molecule has 7 nitrogen and oxygen atoms in total. The van der Waals surface area contributed by atoms with Crippen molar-refractivity contribution in [2.24, 2.45) is 7.05 Å². The zero-order valence-corrected chi connectivity index (χ0v) is 26.3. The second kappa shape index (κ2) is 16.2. The van der Waals surface area contributed by atoms with Crippen molar-refractivity contribution in [2.45, 2.75) is 52.4 Å². The summed E-state index contributed by atoms with van der Waals surface area (Å²) < 4.78 is 18.5. The number of unbranched alkanes of at least 4 members (excludes halogenated alkanes) is 5. The normalized spacial score (nSPS) is 11.1. The van der Waals surface area contributed by atoms with E-state index in [9.17, 15) is 14.4 Å². The van der Waals surface area contributed by atoms with Crippen molar-refractivity contribution in [2.75, 3.05) is 13.2 Å². The third kappa shape index (κ3) is 9.29. The highest BCUT2D eigenvalue weighted by Crippen LogP contribution is 2.25. The number of rotatable bonds is 16. The number of nitrogens with zero attached hydrogens (tertiary/aromatic N) is 1. The molecule has 0 bridgehead atoms.